The Balaban J connectivity index is 1.17. The number of pyridine rings is 1. The summed E-state index contributed by atoms with van der Waals surface area (Å²) >= 11 is 1.41. The number of aromatic nitrogens is 3. The Morgan fingerprint density at radius 1 is 1.31 bits per heavy atom. The number of anilines is 1. The lowest BCUT2D eigenvalue weighted by atomic mass is 9.91. The van der Waals surface area contributed by atoms with E-state index >= 15 is 0 Å². The second-order valence-corrected chi connectivity index (χ2v) is 12.6. The first-order chi connectivity index (χ1) is 13.9. The summed E-state index contributed by atoms with van der Waals surface area (Å²) in [6.07, 6.45) is 6.76. The van der Waals surface area contributed by atoms with Crippen LogP contribution in [0.15, 0.2) is 27.7 Å². The van der Waals surface area contributed by atoms with Gasteiger partial charge in [-0.15, -0.1) is 0 Å². The molecule has 0 spiro atoms. The number of hydrogen-bond donors (Lipinski definition) is 0. The Labute approximate surface area is 182 Å². The summed E-state index contributed by atoms with van der Waals surface area (Å²) in [6, 6.07) is 3.81. The third-order valence-electron chi connectivity index (χ3n) is 5.90. The molecule has 2 aliphatic rings. The number of nitrogens with zero attached hydrogens (tertiary/aromatic N) is 4. The van der Waals surface area contributed by atoms with Gasteiger partial charge in [-0.25, -0.2) is 13.4 Å². The van der Waals surface area contributed by atoms with Crippen molar-refractivity contribution >= 4 is 34.2 Å². The number of ether oxygens (including phenoxy) is 1. The van der Waals surface area contributed by atoms with Gasteiger partial charge in [0.15, 0.2) is 5.82 Å². The van der Waals surface area contributed by atoms with Gasteiger partial charge in [0.05, 0.1) is 38.9 Å². The molecule has 158 valence electrons. The van der Waals surface area contributed by atoms with Gasteiger partial charge < -0.3 is 14.2 Å². The summed E-state index contributed by atoms with van der Waals surface area (Å²) in [6.45, 7) is 4.60. The van der Waals surface area contributed by atoms with E-state index in [1.54, 1.807) is 6.07 Å². The van der Waals surface area contributed by atoms with Crippen molar-refractivity contribution in [2.75, 3.05) is 24.6 Å². The fraction of sp³-hybridized carbons (Fsp3) is 0.632. The first-order valence-corrected chi connectivity index (χ1v) is 14.1. The normalized spacial score (nSPS) is 22.6. The van der Waals surface area contributed by atoms with Crippen LogP contribution in [-0.4, -0.2) is 43.2 Å². The van der Waals surface area contributed by atoms with Crippen LogP contribution >= 0.6 is 21.2 Å². The molecule has 2 aromatic rings. The van der Waals surface area contributed by atoms with Gasteiger partial charge in [-0.1, -0.05) is 12.1 Å². The maximum Gasteiger partial charge on any atom is 0.324 e. The number of rotatable bonds is 8. The maximum absolute atomic E-state index is 11.4. The maximum atomic E-state index is 11.4. The van der Waals surface area contributed by atoms with E-state index in [9.17, 15) is 8.42 Å². The third-order valence-corrected chi connectivity index (χ3v) is 8.23. The zero-order valence-electron chi connectivity index (χ0n) is 16.3. The molecule has 1 saturated heterocycles. The molecule has 29 heavy (non-hydrogen) atoms. The van der Waals surface area contributed by atoms with Crippen molar-refractivity contribution in [1.29, 1.82) is 0 Å². The largest absolute Gasteiger partial charge is 0.478 e. The molecule has 1 saturated carbocycles. The van der Waals surface area contributed by atoms with Gasteiger partial charge >= 0.3 is 6.01 Å². The lowest BCUT2D eigenvalue weighted by Gasteiger charge is -2.30. The zero-order chi connectivity index (χ0) is 20.4. The second-order valence-electron chi connectivity index (χ2n) is 7.74. The molecule has 0 unspecified atom stereocenters. The fourth-order valence-corrected chi connectivity index (χ4v) is 5.32. The Bertz CT molecular complexity index is 926. The lowest BCUT2D eigenvalue weighted by Crippen LogP contribution is -2.34. The van der Waals surface area contributed by atoms with Crippen molar-refractivity contribution in [2.24, 2.45) is 17.8 Å². The molecule has 4 rings (SSSR count). The van der Waals surface area contributed by atoms with Crippen molar-refractivity contribution < 1.29 is 17.7 Å². The van der Waals surface area contributed by atoms with Crippen LogP contribution in [0.4, 0.5) is 6.01 Å². The third kappa shape index (κ3) is 5.19. The van der Waals surface area contributed by atoms with E-state index in [1.165, 1.54) is 52.7 Å². The van der Waals surface area contributed by atoms with Gasteiger partial charge in [0.25, 0.3) is 0 Å². The monoisotopic (exact) mass is 532 g/mol. The van der Waals surface area contributed by atoms with Crippen LogP contribution in [0.1, 0.15) is 38.4 Å². The van der Waals surface area contributed by atoms with E-state index in [0.29, 0.717) is 18.5 Å². The highest BCUT2D eigenvalue weighted by molar-refractivity contribution is 14.2. The number of hydrogen-bond acceptors (Lipinski definition) is 8. The Morgan fingerprint density at radius 2 is 2.10 bits per heavy atom. The summed E-state index contributed by atoms with van der Waals surface area (Å²) in [5.74, 6) is 3.51. The zero-order valence-corrected chi connectivity index (χ0v) is 19.3. The van der Waals surface area contributed by atoms with Crippen molar-refractivity contribution in [3.05, 3.63) is 24.2 Å². The molecule has 0 bridgehead atoms. The van der Waals surface area contributed by atoms with Gasteiger partial charge in [-0.3, -0.25) is 0 Å². The molecule has 0 aromatic carbocycles. The Kier molecular flexibility index (Phi) is 6.28. The van der Waals surface area contributed by atoms with E-state index in [1.807, 2.05) is 6.92 Å². The summed E-state index contributed by atoms with van der Waals surface area (Å²) in [5, 5.41) is 3.99. The van der Waals surface area contributed by atoms with E-state index in [-0.39, 0.29) is 4.90 Å². The fourth-order valence-electron chi connectivity index (χ4n) is 4.13. The minimum absolute atomic E-state index is 0.200. The van der Waals surface area contributed by atoms with E-state index < -0.39 is 7.01 Å². The molecule has 0 amide bonds. The first-order valence-electron chi connectivity index (χ1n) is 10.0. The number of aryl methyl sites for hydroxylation is 1. The van der Waals surface area contributed by atoms with Gasteiger partial charge in [0.1, 0.15) is 0 Å². The van der Waals surface area contributed by atoms with Gasteiger partial charge in [0.2, 0.25) is 12.9 Å². The molecular formula is C19H25IN4O4S. The van der Waals surface area contributed by atoms with Crippen molar-refractivity contribution in [3.8, 4) is 5.88 Å². The minimum atomic E-state index is -3.25. The lowest BCUT2D eigenvalue weighted by molar-refractivity contribution is 0.274. The van der Waals surface area contributed by atoms with Crippen molar-refractivity contribution in [1.82, 2.24) is 15.1 Å². The van der Waals surface area contributed by atoms with E-state index in [4.69, 9.17) is 9.26 Å². The van der Waals surface area contributed by atoms with Crippen LogP contribution in [0, 0.1) is 17.8 Å². The van der Waals surface area contributed by atoms with Gasteiger partial charge in [0, 0.05) is 25.6 Å². The van der Waals surface area contributed by atoms with E-state index in [0.717, 1.165) is 49.5 Å². The minimum Gasteiger partial charge on any atom is -0.478 e. The molecular weight excluding hydrogens is 507 g/mol. The molecule has 0 radical (unpaired) electrons. The highest BCUT2D eigenvalue weighted by Gasteiger charge is 2.43. The molecule has 3 heterocycles. The van der Waals surface area contributed by atoms with Crippen LogP contribution in [0.5, 0.6) is 5.88 Å². The highest BCUT2D eigenvalue weighted by atomic mass is 127. The summed E-state index contributed by atoms with van der Waals surface area (Å²) in [7, 11) is -3.25. The predicted octanol–water partition coefficient (Wildman–Crippen LogP) is 3.47. The molecule has 2 atom stereocenters. The molecule has 1 aliphatic carbocycles. The Hall–Kier alpha value is -1.43. The average molecular weight is 532 g/mol. The molecule has 0 N–H and O–H groups in total. The molecule has 2 fully saturated rings. The van der Waals surface area contributed by atoms with Crippen molar-refractivity contribution in [3.63, 3.8) is 0 Å². The highest BCUT2D eigenvalue weighted by Crippen LogP contribution is 2.49. The smallest absolute Gasteiger partial charge is 0.324 e. The van der Waals surface area contributed by atoms with Gasteiger partial charge in [-0.2, -0.15) is 4.98 Å². The first kappa shape index (κ1) is 20.8. The Morgan fingerprint density at radius 3 is 2.72 bits per heavy atom. The number of halogens is 1. The summed E-state index contributed by atoms with van der Waals surface area (Å²) < 4.78 is 34.0. The molecule has 1 aliphatic heterocycles. The van der Waals surface area contributed by atoms with E-state index in [2.05, 4.69) is 20.0 Å². The summed E-state index contributed by atoms with van der Waals surface area (Å²) in [4.78, 5) is 10.9. The predicted molar refractivity (Wildman–Crippen MR) is 116 cm³/mol. The van der Waals surface area contributed by atoms with Crippen LogP contribution in [0.25, 0.3) is 0 Å². The van der Waals surface area contributed by atoms with Crippen LogP contribution in [-0.2, 0) is 13.4 Å². The number of piperidine rings is 1. The molecule has 2 aromatic heterocycles. The van der Waals surface area contributed by atoms with Crippen LogP contribution in [0.2, 0.25) is 0 Å². The topological polar surface area (TPSA) is 98.4 Å². The average Bonchev–Trinajstić information content (AvgIpc) is 3.32. The van der Waals surface area contributed by atoms with Crippen molar-refractivity contribution in [2.45, 2.75) is 43.9 Å². The van der Waals surface area contributed by atoms with Gasteiger partial charge in [-0.05, 0) is 49.5 Å². The quantitative estimate of drug-likeness (QED) is 0.377. The summed E-state index contributed by atoms with van der Waals surface area (Å²) in [5.41, 5.74) is 0. The van der Waals surface area contributed by atoms with Crippen LogP contribution < -0.4 is 9.64 Å². The standard InChI is InChI=1S/C19H25IN4O4S/c1-2-17-22-19(28-23-17)24-8-5-13(6-9-24)16-11-14(16)7-10-27-18-4-3-15(12-21-18)29(20,25)26/h3-4,12-14,16H,2,5-11H2,1H3/t14-,16-/m1/s1. The SMILES string of the molecule is CCc1noc(N2CCC([C@H]3C[C@H]3CCOc3ccc(S(=O)(=O)I)cn3)CC2)n1. The van der Waals surface area contributed by atoms with Crippen LogP contribution in [0.3, 0.4) is 0 Å². The molecule has 10 heteroatoms. The second kappa shape index (κ2) is 8.75. The molecule has 8 nitrogen and oxygen atoms in total.